The predicted octanol–water partition coefficient (Wildman–Crippen LogP) is 3.43. The van der Waals surface area contributed by atoms with E-state index in [4.69, 9.17) is 16.3 Å². The number of rotatable bonds is 6. The Kier molecular flexibility index (Phi) is 7.09. The lowest BCUT2D eigenvalue weighted by Gasteiger charge is -2.25. The van der Waals surface area contributed by atoms with Gasteiger partial charge in [0.15, 0.2) is 4.80 Å². The van der Waals surface area contributed by atoms with Gasteiger partial charge in [0.25, 0.3) is 11.2 Å². The van der Waals surface area contributed by atoms with Crippen molar-refractivity contribution in [1.82, 2.24) is 4.57 Å². The molecule has 0 aliphatic carbocycles. The molecule has 0 N–H and O–H groups in total. The van der Waals surface area contributed by atoms with Crippen LogP contribution in [-0.4, -0.2) is 36.2 Å². The van der Waals surface area contributed by atoms with Gasteiger partial charge >= 0.3 is 5.97 Å². The maximum absolute atomic E-state index is 13.8. The number of nitro groups is 1. The summed E-state index contributed by atoms with van der Waals surface area (Å²) in [5.41, 5.74) is 1.95. The molecule has 3 aromatic rings. The van der Waals surface area contributed by atoms with Crippen molar-refractivity contribution in [1.29, 1.82) is 0 Å². The van der Waals surface area contributed by atoms with Gasteiger partial charge in [-0.3, -0.25) is 19.5 Å². The van der Waals surface area contributed by atoms with Gasteiger partial charge in [0.05, 0.1) is 27.3 Å². The van der Waals surface area contributed by atoms with Gasteiger partial charge < -0.3 is 9.64 Å². The first-order valence-electron chi connectivity index (χ1n) is 11.0. The molecule has 1 aliphatic rings. The largest absolute Gasteiger partial charge is 0.463 e. The monoisotopic (exact) mass is 526 g/mol. The molecule has 1 atom stereocenters. The predicted molar refractivity (Wildman–Crippen MR) is 139 cm³/mol. The quantitative estimate of drug-likeness (QED) is 0.277. The van der Waals surface area contributed by atoms with Crippen molar-refractivity contribution >= 4 is 46.4 Å². The maximum atomic E-state index is 13.8. The van der Waals surface area contributed by atoms with E-state index < -0.39 is 22.5 Å². The van der Waals surface area contributed by atoms with Crippen LogP contribution in [0.25, 0.3) is 6.08 Å². The Bertz CT molecular complexity index is 1590. The first kappa shape index (κ1) is 25.3. The van der Waals surface area contributed by atoms with Crippen molar-refractivity contribution < 1.29 is 14.5 Å². The number of carbonyl (C=O) groups excluding carboxylic acids is 1. The number of hydrogen-bond acceptors (Lipinski definition) is 8. The number of thiazole rings is 1. The van der Waals surface area contributed by atoms with Gasteiger partial charge in [-0.05, 0) is 37.6 Å². The Morgan fingerprint density at radius 1 is 1.31 bits per heavy atom. The molecule has 0 amide bonds. The minimum atomic E-state index is -0.838. The summed E-state index contributed by atoms with van der Waals surface area (Å²) in [6, 6.07) is 10.6. The molecule has 11 heteroatoms. The summed E-state index contributed by atoms with van der Waals surface area (Å²) in [5.74, 6) is -0.577. The van der Waals surface area contributed by atoms with Gasteiger partial charge in [-0.1, -0.05) is 41.1 Å². The van der Waals surface area contributed by atoms with Gasteiger partial charge in [0, 0.05) is 42.5 Å². The lowest BCUT2D eigenvalue weighted by molar-refractivity contribution is -0.384. The van der Waals surface area contributed by atoms with Crippen molar-refractivity contribution in [3.05, 3.63) is 99.7 Å². The second kappa shape index (κ2) is 10.1. The number of hydrogen-bond donors (Lipinski definition) is 0. The van der Waals surface area contributed by atoms with Crippen molar-refractivity contribution in [3.8, 4) is 0 Å². The number of aromatic nitrogens is 1. The van der Waals surface area contributed by atoms with Crippen LogP contribution in [0.5, 0.6) is 0 Å². The standard InChI is InChI=1S/C25H23ClN4O5S/c1-5-35-24(32)21-14(2)27-25-29(22(21)17-8-6-7-9-18(17)26)23(31)20(36-25)13-15-12-16(30(33)34)10-11-19(15)28(3)4/h6-13,22H,5H2,1-4H3/b20-13-/t22-/m1/s1. The summed E-state index contributed by atoms with van der Waals surface area (Å²) in [6.45, 7) is 3.56. The topological polar surface area (TPSA) is 107 Å². The number of non-ortho nitro benzene ring substituents is 1. The highest BCUT2D eigenvalue weighted by Crippen LogP contribution is 2.34. The summed E-state index contributed by atoms with van der Waals surface area (Å²) < 4.78 is 7.04. The number of benzene rings is 2. The average molecular weight is 527 g/mol. The SMILES string of the molecule is CCOC(=O)C1=C(C)N=c2s/c(=C\c3cc([N+](=O)[O-])ccc3N(C)C)c(=O)n2[C@@H]1c1ccccc1Cl. The summed E-state index contributed by atoms with van der Waals surface area (Å²) in [7, 11) is 3.62. The number of anilines is 1. The molecule has 186 valence electrons. The zero-order valence-corrected chi connectivity index (χ0v) is 21.6. The number of allylic oxidation sites excluding steroid dienone is 1. The van der Waals surface area contributed by atoms with Crippen LogP contribution in [0.4, 0.5) is 11.4 Å². The first-order valence-corrected chi connectivity index (χ1v) is 12.2. The zero-order valence-electron chi connectivity index (χ0n) is 20.0. The third-order valence-electron chi connectivity index (χ3n) is 5.71. The Hall–Kier alpha value is -3.76. The summed E-state index contributed by atoms with van der Waals surface area (Å²) in [4.78, 5) is 44.4. The molecule has 9 nitrogen and oxygen atoms in total. The molecule has 0 unspecified atom stereocenters. The number of ether oxygens (including phenoxy) is 1. The Balaban J connectivity index is 2.01. The summed E-state index contributed by atoms with van der Waals surface area (Å²) in [6.07, 6.45) is 1.61. The van der Waals surface area contributed by atoms with E-state index in [9.17, 15) is 19.7 Å². The van der Waals surface area contributed by atoms with Crippen molar-refractivity contribution in [2.24, 2.45) is 4.99 Å². The number of halogens is 1. The average Bonchev–Trinajstić information content (AvgIpc) is 3.12. The fraction of sp³-hybridized carbons (Fsp3) is 0.240. The molecule has 0 saturated heterocycles. The first-order chi connectivity index (χ1) is 17.1. The molecular formula is C25H23ClN4O5S. The highest BCUT2D eigenvalue weighted by Gasteiger charge is 2.34. The van der Waals surface area contributed by atoms with E-state index in [1.54, 1.807) is 50.3 Å². The van der Waals surface area contributed by atoms with Gasteiger partial charge in [-0.15, -0.1) is 0 Å². The third-order valence-corrected chi connectivity index (χ3v) is 7.03. The Morgan fingerprint density at radius 3 is 2.67 bits per heavy atom. The molecule has 36 heavy (non-hydrogen) atoms. The number of esters is 1. The molecule has 0 spiro atoms. The molecule has 1 aliphatic heterocycles. The summed E-state index contributed by atoms with van der Waals surface area (Å²) >= 11 is 7.65. The van der Waals surface area contributed by atoms with Crippen LogP contribution in [0.2, 0.25) is 5.02 Å². The van der Waals surface area contributed by atoms with Gasteiger partial charge in [0.2, 0.25) is 0 Å². The smallest absolute Gasteiger partial charge is 0.338 e. The van der Waals surface area contributed by atoms with Crippen LogP contribution in [0.3, 0.4) is 0 Å². The number of fused-ring (bicyclic) bond motifs is 1. The van der Waals surface area contributed by atoms with Crippen LogP contribution < -0.4 is 19.8 Å². The molecule has 2 aromatic carbocycles. The fourth-order valence-corrected chi connectivity index (χ4v) is 5.38. The van der Waals surface area contributed by atoms with E-state index in [-0.39, 0.29) is 17.9 Å². The number of carbonyl (C=O) groups is 1. The molecule has 0 bridgehead atoms. The van der Waals surface area contributed by atoms with Crippen LogP contribution in [0.15, 0.2) is 63.5 Å². The van der Waals surface area contributed by atoms with Crippen LogP contribution in [0.1, 0.15) is 31.0 Å². The van der Waals surface area contributed by atoms with Crippen molar-refractivity contribution in [3.63, 3.8) is 0 Å². The zero-order chi connectivity index (χ0) is 26.1. The molecule has 4 rings (SSSR count). The van der Waals surface area contributed by atoms with Gasteiger partial charge in [0.1, 0.15) is 6.04 Å². The minimum absolute atomic E-state index is 0.0889. The molecular weight excluding hydrogens is 504 g/mol. The van der Waals surface area contributed by atoms with E-state index in [1.165, 1.54) is 16.7 Å². The van der Waals surface area contributed by atoms with E-state index in [1.807, 2.05) is 19.0 Å². The van der Waals surface area contributed by atoms with E-state index >= 15 is 0 Å². The van der Waals surface area contributed by atoms with Crippen LogP contribution >= 0.6 is 22.9 Å². The summed E-state index contributed by atoms with van der Waals surface area (Å²) in [5, 5.41) is 11.8. The van der Waals surface area contributed by atoms with Gasteiger partial charge in [-0.2, -0.15) is 0 Å². The molecule has 1 aromatic heterocycles. The normalized spacial score (nSPS) is 15.4. The highest BCUT2D eigenvalue weighted by molar-refractivity contribution is 7.07. The molecule has 2 heterocycles. The molecule has 0 fully saturated rings. The van der Waals surface area contributed by atoms with Crippen LogP contribution in [-0.2, 0) is 9.53 Å². The number of nitro benzene ring substituents is 1. The van der Waals surface area contributed by atoms with Crippen molar-refractivity contribution in [2.75, 3.05) is 25.6 Å². The minimum Gasteiger partial charge on any atom is -0.463 e. The second-order valence-electron chi connectivity index (χ2n) is 8.22. The van der Waals surface area contributed by atoms with E-state index in [2.05, 4.69) is 4.99 Å². The molecule has 0 saturated carbocycles. The van der Waals surface area contributed by atoms with E-state index in [0.29, 0.717) is 36.9 Å². The Labute approximate surface area is 215 Å². The third kappa shape index (κ3) is 4.57. The van der Waals surface area contributed by atoms with Crippen LogP contribution in [0, 0.1) is 10.1 Å². The lowest BCUT2D eigenvalue weighted by atomic mass is 9.96. The lowest BCUT2D eigenvalue weighted by Crippen LogP contribution is -2.40. The van der Waals surface area contributed by atoms with E-state index in [0.717, 1.165) is 11.3 Å². The number of nitrogens with zero attached hydrogens (tertiary/aromatic N) is 4. The fourth-order valence-electron chi connectivity index (χ4n) is 4.10. The Morgan fingerprint density at radius 2 is 2.03 bits per heavy atom. The second-order valence-corrected chi connectivity index (χ2v) is 9.63. The molecule has 0 radical (unpaired) electrons. The highest BCUT2D eigenvalue weighted by atomic mass is 35.5. The van der Waals surface area contributed by atoms with Crippen molar-refractivity contribution in [2.45, 2.75) is 19.9 Å². The van der Waals surface area contributed by atoms with Gasteiger partial charge in [-0.25, -0.2) is 9.79 Å². The maximum Gasteiger partial charge on any atom is 0.338 e.